The number of likely N-dealkylation sites (tertiary alicyclic amines) is 1. The number of nitrogens with one attached hydrogen (secondary N) is 1. The highest BCUT2D eigenvalue weighted by Gasteiger charge is 2.54. The lowest BCUT2D eigenvalue weighted by atomic mass is 9.95. The van der Waals surface area contributed by atoms with Crippen molar-refractivity contribution in [2.45, 2.75) is 38.5 Å². The number of aryl methyl sites for hydroxylation is 2. The van der Waals surface area contributed by atoms with E-state index >= 15 is 0 Å². The molecule has 35 heavy (non-hydrogen) atoms. The zero-order valence-corrected chi connectivity index (χ0v) is 20.6. The fraction of sp³-hybridized carbons (Fsp3) is 0.444. The molecule has 1 N–H and O–H groups in total. The van der Waals surface area contributed by atoms with Crippen molar-refractivity contribution in [2.24, 2.45) is 0 Å². The third-order valence-electron chi connectivity index (χ3n) is 6.89. The van der Waals surface area contributed by atoms with E-state index in [1.165, 1.54) is 0 Å². The van der Waals surface area contributed by atoms with E-state index in [-0.39, 0.29) is 24.3 Å². The third kappa shape index (κ3) is 5.09. The van der Waals surface area contributed by atoms with Gasteiger partial charge in [-0.1, -0.05) is 35.9 Å². The molecule has 2 aromatic rings. The van der Waals surface area contributed by atoms with Gasteiger partial charge in [-0.15, -0.1) is 0 Å². The second kappa shape index (κ2) is 10.6. The molecule has 1 atom stereocenters. The predicted octanol–water partition coefficient (Wildman–Crippen LogP) is 2.54. The van der Waals surface area contributed by atoms with Crippen LogP contribution in [0, 0.1) is 13.8 Å². The van der Waals surface area contributed by atoms with Crippen LogP contribution in [0.25, 0.3) is 0 Å². The molecule has 0 aromatic heterocycles. The fourth-order valence-electron chi connectivity index (χ4n) is 4.84. The molecule has 186 valence electrons. The molecule has 8 heteroatoms. The summed E-state index contributed by atoms with van der Waals surface area (Å²) in [4.78, 5) is 43.3. The first-order chi connectivity index (χ1) is 16.9. The van der Waals surface area contributed by atoms with Gasteiger partial charge < -0.3 is 19.7 Å². The van der Waals surface area contributed by atoms with Gasteiger partial charge in [-0.3, -0.25) is 19.3 Å². The first-order valence-corrected chi connectivity index (χ1v) is 12.0. The Morgan fingerprint density at radius 2 is 1.71 bits per heavy atom. The van der Waals surface area contributed by atoms with Gasteiger partial charge in [0.05, 0.1) is 13.2 Å². The lowest BCUT2D eigenvalue weighted by Crippen LogP contribution is -2.60. The minimum absolute atomic E-state index is 0.0267. The van der Waals surface area contributed by atoms with Crippen LogP contribution < -0.4 is 5.32 Å². The summed E-state index contributed by atoms with van der Waals surface area (Å²) in [5.74, 6) is -0.535. The van der Waals surface area contributed by atoms with E-state index in [2.05, 4.69) is 5.32 Å². The molecule has 0 saturated carbocycles. The number of piperidine rings is 1. The van der Waals surface area contributed by atoms with E-state index in [1.807, 2.05) is 50.2 Å². The van der Waals surface area contributed by atoms with Crippen LogP contribution in [0.2, 0.25) is 0 Å². The van der Waals surface area contributed by atoms with Crippen LogP contribution in [0.4, 0.5) is 0 Å². The Hall–Kier alpha value is -3.23. The molecule has 0 bridgehead atoms. The minimum atomic E-state index is -0.937. The Morgan fingerprint density at radius 1 is 1.03 bits per heavy atom. The van der Waals surface area contributed by atoms with Gasteiger partial charge in [0.25, 0.3) is 11.8 Å². The molecule has 2 aliphatic rings. The van der Waals surface area contributed by atoms with E-state index in [4.69, 9.17) is 9.47 Å². The largest absolute Gasteiger partial charge is 0.383 e. The molecule has 2 aromatic carbocycles. The SMILES string of the molecule is COCCNC(=O)C1COC2(CCN(C(=O)c3ccccc3C)CC2)N1C(=O)c1ccc(C)cc1. The molecule has 1 unspecified atom stereocenters. The number of rotatable bonds is 6. The van der Waals surface area contributed by atoms with Crippen molar-refractivity contribution in [1.29, 1.82) is 0 Å². The van der Waals surface area contributed by atoms with Crippen molar-refractivity contribution in [3.63, 3.8) is 0 Å². The van der Waals surface area contributed by atoms with Crippen LogP contribution in [0.5, 0.6) is 0 Å². The topological polar surface area (TPSA) is 88.2 Å². The zero-order valence-electron chi connectivity index (χ0n) is 20.6. The Morgan fingerprint density at radius 3 is 2.37 bits per heavy atom. The molecule has 3 amide bonds. The van der Waals surface area contributed by atoms with Gasteiger partial charge in [0, 0.05) is 50.7 Å². The average Bonchev–Trinajstić information content (AvgIpc) is 3.23. The van der Waals surface area contributed by atoms with Crippen LogP contribution in [0.3, 0.4) is 0 Å². The first kappa shape index (κ1) is 24.9. The van der Waals surface area contributed by atoms with Gasteiger partial charge in [-0.25, -0.2) is 0 Å². The molecule has 2 saturated heterocycles. The van der Waals surface area contributed by atoms with E-state index < -0.39 is 11.8 Å². The average molecular weight is 480 g/mol. The molecule has 0 aliphatic carbocycles. The molecule has 8 nitrogen and oxygen atoms in total. The summed E-state index contributed by atoms with van der Waals surface area (Å²) < 4.78 is 11.3. The first-order valence-electron chi connectivity index (χ1n) is 12.0. The lowest BCUT2D eigenvalue weighted by molar-refractivity contribution is -0.128. The van der Waals surface area contributed by atoms with Gasteiger partial charge in [0.15, 0.2) is 0 Å². The number of hydrogen-bond donors (Lipinski definition) is 1. The van der Waals surface area contributed by atoms with Crippen LogP contribution in [0.1, 0.15) is 44.7 Å². The number of methoxy groups -OCH3 is 1. The van der Waals surface area contributed by atoms with Crippen LogP contribution in [-0.2, 0) is 14.3 Å². The Labute approximate surface area is 206 Å². The second-order valence-electron chi connectivity index (χ2n) is 9.21. The number of benzene rings is 2. The number of ether oxygens (including phenoxy) is 2. The molecule has 2 aliphatic heterocycles. The summed E-state index contributed by atoms with van der Waals surface area (Å²) in [6.45, 7) is 5.60. The molecule has 2 fully saturated rings. The van der Waals surface area contributed by atoms with Crippen LogP contribution >= 0.6 is 0 Å². The summed E-state index contributed by atoms with van der Waals surface area (Å²) in [6.07, 6.45) is 0.869. The number of hydrogen-bond acceptors (Lipinski definition) is 5. The molecule has 4 rings (SSSR count). The van der Waals surface area contributed by atoms with Crippen LogP contribution in [0.15, 0.2) is 48.5 Å². The van der Waals surface area contributed by atoms with Crippen LogP contribution in [-0.4, -0.2) is 79.2 Å². The predicted molar refractivity (Wildman–Crippen MR) is 131 cm³/mol. The highest BCUT2D eigenvalue weighted by atomic mass is 16.5. The van der Waals surface area contributed by atoms with Crippen molar-refractivity contribution in [2.75, 3.05) is 40.0 Å². The van der Waals surface area contributed by atoms with Crippen molar-refractivity contribution in [3.05, 3.63) is 70.8 Å². The summed E-state index contributed by atoms with van der Waals surface area (Å²) in [7, 11) is 1.57. The summed E-state index contributed by atoms with van der Waals surface area (Å²) >= 11 is 0. The quantitative estimate of drug-likeness (QED) is 0.644. The van der Waals surface area contributed by atoms with Gasteiger partial charge in [-0.2, -0.15) is 0 Å². The van der Waals surface area contributed by atoms with Crippen molar-refractivity contribution < 1.29 is 23.9 Å². The van der Waals surface area contributed by atoms with E-state index in [1.54, 1.807) is 29.0 Å². The number of amides is 3. The number of carbonyl (C=O) groups is 3. The molecule has 2 heterocycles. The molecule has 0 radical (unpaired) electrons. The number of nitrogens with zero attached hydrogens (tertiary/aromatic N) is 2. The molecular formula is C27H33N3O5. The normalized spacial score (nSPS) is 19.1. The zero-order chi connectivity index (χ0) is 25.0. The Balaban J connectivity index is 1.56. The van der Waals surface area contributed by atoms with E-state index in [0.717, 1.165) is 11.1 Å². The van der Waals surface area contributed by atoms with Gasteiger partial charge >= 0.3 is 0 Å². The standard InChI is InChI=1S/C27H33N3O5/c1-19-8-10-21(11-9-19)25(32)30-23(24(31)28-14-17-34-3)18-35-27(30)12-15-29(16-13-27)26(33)22-7-5-4-6-20(22)2/h4-11,23H,12-18H2,1-3H3,(H,28,31). The highest BCUT2D eigenvalue weighted by Crippen LogP contribution is 2.39. The highest BCUT2D eigenvalue weighted by molar-refractivity contribution is 5.99. The van der Waals surface area contributed by atoms with Gasteiger partial charge in [0.1, 0.15) is 11.8 Å². The van der Waals surface area contributed by atoms with Crippen molar-refractivity contribution in [1.82, 2.24) is 15.1 Å². The molecule has 1 spiro atoms. The van der Waals surface area contributed by atoms with Gasteiger partial charge in [-0.05, 0) is 37.6 Å². The van der Waals surface area contributed by atoms with Gasteiger partial charge in [0.2, 0.25) is 5.91 Å². The van der Waals surface area contributed by atoms with E-state index in [9.17, 15) is 14.4 Å². The maximum Gasteiger partial charge on any atom is 0.256 e. The third-order valence-corrected chi connectivity index (χ3v) is 6.89. The maximum absolute atomic E-state index is 13.7. The lowest BCUT2D eigenvalue weighted by Gasteiger charge is -2.44. The maximum atomic E-state index is 13.7. The Kier molecular flexibility index (Phi) is 7.52. The fourth-order valence-corrected chi connectivity index (χ4v) is 4.84. The summed E-state index contributed by atoms with van der Waals surface area (Å²) in [5.41, 5.74) is 2.23. The smallest absolute Gasteiger partial charge is 0.256 e. The number of carbonyl (C=O) groups excluding carboxylic acids is 3. The van der Waals surface area contributed by atoms with Crippen molar-refractivity contribution >= 4 is 17.7 Å². The van der Waals surface area contributed by atoms with Crippen molar-refractivity contribution in [3.8, 4) is 0 Å². The minimum Gasteiger partial charge on any atom is -0.383 e. The van der Waals surface area contributed by atoms with E-state index in [0.29, 0.717) is 50.2 Å². The summed E-state index contributed by atoms with van der Waals surface area (Å²) in [6, 6.07) is 14.1. The summed E-state index contributed by atoms with van der Waals surface area (Å²) in [5, 5.41) is 2.85. The second-order valence-corrected chi connectivity index (χ2v) is 9.21. The Bertz CT molecular complexity index is 1080. The molecular weight excluding hydrogens is 446 g/mol. The monoisotopic (exact) mass is 479 g/mol.